The van der Waals surface area contributed by atoms with Gasteiger partial charge in [-0.1, -0.05) is 19.3 Å². The number of carbonyl (C=O) groups excluding carboxylic acids is 1. The quantitative estimate of drug-likeness (QED) is 0.856. The number of morpholine rings is 1. The number of amides is 1. The van der Waals surface area contributed by atoms with E-state index >= 15 is 0 Å². The summed E-state index contributed by atoms with van der Waals surface area (Å²) >= 11 is 0. The van der Waals surface area contributed by atoms with Gasteiger partial charge in [0.25, 0.3) is 5.91 Å². The average molecular weight is 320 g/mol. The lowest BCUT2D eigenvalue weighted by Gasteiger charge is -2.44. The molecule has 2 N–H and O–H groups in total. The van der Waals surface area contributed by atoms with Crippen LogP contribution < -0.4 is 10.6 Å². The molecule has 3 rings (SSSR count). The van der Waals surface area contributed by atoms with Crippen molar-refractivity contribution in [1.29, 1.82) is 0 Å². The maximum absolute atomic E-state index is 12.8. The summed E-state index contributed by atoms with van der Waals surface area (Å²) in [7, 11) is 3.60. The molecule has 0 atom stereocenters. The van der Waals surface area contributed by atoms with Crippen LogP contribution in [-0.2, 0) is 4.74 Å². The van der Waals surface area contributed by atoms with Crippen LogP contribution in [0.15, 0.2) is 0 Å². The number of anilines is 2. The van der Waals surface area contributed by atoms with Gasteiger partial charge in [-0.3, -0.25) is 4.79 Å². The zero-order valence-corrected chi connectivity index (χ0v) is 13.8. The lowest BCUT2D eigenvalue weighted by molar-refractivity contribution is -0.118. The number of carbonyl (C=O) groups is 1. The molecule has 8 heteroatoms. The van der Waals surface area contributed by atoms with Gasteiger partial charge in [-0.15, -0.1) is 0 Å². The Morgan fingerprint density at radius 2 is 1.96 bits per heavy atom. The minimum Gasteiger partial charge on any atom is -0.371 e. The molecule has 1 amide bonds. The SMILES string of the molecule is CN(C)c1nc(N)nc(C(=O)N2CCOC3(CCCCC3)C2)n1. The molecular weight excluding hydrogens is 296 g/mol. The normalized spacial score (nSPS) is 20.5. The molecule has 0 radical (unpaired) electrons. The summed E-state index contributed by atoms with van der Waals surface area (Å²) < 4.78 is 6.03. The van der Waals surface area contributed by atoms with Gasteiger partial charge in [0.05, 0.1) is 18.8 Å². The highest BCUT2D eigenvalue weighted by molar-refractivity contribution is 5.91. The molecule has 1 spiro atoms. The molecule has 1 aliphatic heterocycles. The second-order valence-corrected chi connectivity index (χ2v) is 6.53. The van der Waals surface area contributed by atoms with Crippen LogP contribution in [0.5, 0.6) is 0 Å². The van der Waals surface area contributed by atoms with Crippen molar-refractivity contribution >= 4 is 17.8 Å². The lowest BCUT2D eigenvalue weighted by atomic mass is 9.83. The van der Waals surface area contributed by atoms with Crippen LogP contribution in [0.4, 0.5) is 11.9 Å². The summed E-state index contributed by atoms with van der Waals surface area (Å²) in [4.78, 5) is 28.6. The van der Waals surface area contributed by atoms with E-state index < -0.39 is 0 Å². The number of ether oxygens (including phenoxy) is 1. The van der Waals surface area contributed by atoms with Gasteiger partial charge in [0.1, 0.15) is 0 Å². The van der Waals surface area contributed by atoms with Gasteiger partial charge in [0.15, 0.2) is 0 Å². The summed E-state index contributed by atoms with van der Waals surface area (Å²) in [5, 5.41) is 0. The van der Waals surface area contributed by atoms with E-state index in [2.05, 4.69) is 15.0 Å². The number of aromatic nitrogens is 3. The molecule has 0 aromatic carbocycles. The van der Waals surface area contributed by atoms with Crippen LogP contribution in [0.2, 0.25) is 0 Å². The van der Waals surface area contributed by atoms with Gasteiger partial charge in [-0.2, -0.15) is 15.0 Å². The first-order chi connectivity index (χ1) is 11.0. The van der Waals surface area contributed by atoms with E-state index in [9.17, 15) is 4.79 Å². The van der Waals surface area contributed by atoms with Crippen molar-refractivity contribution in [1.82, 2.24) is 19.9 Å². The van der Waals surface area contributed by atoms with Crippen LogP contribution in [0.1, 0.15) is 42.7 Å². The fourth-order valence-electron chi connectivity index (χ4n) is 3.33. The molecule has 1 aliphatic carbocycles. The Hall–Kier alpha value is -1.96. The van der Waals surface area contributed by atoms with Crippen molar-refractivity contribution in [3.63, 3.8) is 0 Å². The monoisotopic (exact) mass is 320 g/mol. The Kier molecular flexibility index (Phi) is 4.34. The van der Waals surface area contributed by atoms with Crippen molar-refractivity contribution in [2.45, 2.75) is 37.7 Å². The van der Waals surface area contributed by atoms with Crippen LogP contribution in [0.25, 0.3) is 0 Å². The van der Waals surface area contributed by atoms with E-state index in [4.69, 9.17) is 10.5 Å². The third kappa shape index (κ3) is 3.36. The number of hydrogen-bond donors (Lipinski definition) is 1. The highest BCUT2D eigenvalue weighted by atomic mass is 16.5. The summed E-state index contributed by atoms with van der Waals surface area (Å²) in [6, 6.07) is 0. The molecule has 23 heavy (non-hydrogen) atoms. The highest BCUT2D eigenvalue weighted by Crippen LogP contribution is 2.34. The van der Waals surface area contributed by atoms with E-state index in [1.165, 1.54) is 6.42 Å². The van der Waals surface area contributed by atoms with Crippen LogP contribution in [0.3, 0.4) is 0 Å². The van der Waals surface area contributed by atoms with Gasteiger partial charge in [0, 0.05) is 20.6 Å². The molecule has 0 unspecified atom stereocenters. The topological polar surface area (TPSA) is 97.5 Å². The van der Waals surface area contributed by atoms with E-state index in [-0.39, 0.29) is 23.3 Å². The molecule has 1 saturated carbocycles. The molecule has 126 valence electrons. The zero-order chi connectivity index (χ0) is 16.4. The number of nitrogen functional groups attached to an aromatic ring is 1. The summed E-state index contributed by atoms with van der Waals surface area (Å²) in [5.41, 5.74) is 5.53. The first-order valence-electron chi connectivity index (χ1n) is 8.11. The standard InChI is InChI=1S/C15H24N6O2/c1-20(2)14-18-11(17-13(16)19-14)12(22)21-8-9-23-15(10-21)6-4-3-5-7-15/h3-10H2,1-2H3,(H2,16,17,18,19). The third-order valence-electron chi connectivity index (χ3n) is 4.53. The van der Waals surface area contributed by atoms with Gasteiger partial charge in [0.2, 0.25) is 17.7 Å². The Bertz CT molecular complexity index is 580. The minimum atomic E-state index is -0.199. The number of nitrogens with zero attached hydrogens (tertiary/aromatic N) is 5. The molecule has 2 heterocycles. The summed E-state index contributed by atoms with van der Waals surface area (Å²) in [5.74, 6) is 0.360. The maximum atomic E-state index is 12.8. The predicted octanol–water partition coefficient (Wildman–Crippen LogP) is 0.695. The molecule has 2 aliphatic rings. The van der Waals surface area contributed by atoms with Gasteiger partial charge >= 0.3 is 0 Å². The highest BCUT2D eigenvalue weighted by Gasteiger charge is 2.39. The number of hydrogen-bond acceptors (Lipinski definition) is 7. The van der Waals surface area contributed by atoms with Crippen molar-refractivity contribution < 1.29 is 9.53 Å². The lowest BCUT2D eigenvalue weighted by Crippen LogP contribution is -2.54. The van der Waals surface area contributed by atoms with Gasteiger partial charge in [-0.25, -0.2) is 0 Å². The summed E-state index contributed by atoms with van der Waals surface area (Å²) in [6.45, 7) is 1.73. The minimum absolute atomic E-state index is 0.0627. The van der Waals surface area contributed by atoms with Crippen LogP contribution >= 0.6 is 0 Å². The van der Waals surface area contributed by atoms with E-state index in [1.54, 1.807) is 23.9 Å². The smallest absolute Gasteiger partial charge is 0.292 e. The predicted molar refractivity (Wildman–Crippen MR) is 86.2 cm³/mol. The first-order valence-corrected chi connectivity index (χ1v) is 8.11. The Labute approximate surface area is 136 Å². The molecule has 8 nitrogen and oxygen atoms in total. The van der Waals surface area contributed by atoms with E-state index in [1.807, 2.05) is 0 Å². The zero-order valence-electron chi connectivity index (χ0n) is 13.8. The first kappa shape index (κ1) is 15.9. The molecular formula is C15H24N6O2. The van der Waals surface area contributed by atoms with E-state index in [0.29, 0.717) is 25.6 Å². The second kappa shape index (κ2) is 6.27. The van der Waals surface area contributed by atoms with Crippen LogP contribution in [-0.4, -0.2) is 65.2 Å². The molecule has 1 aromatic heterocycles. The molecule has 2 fully saturated rings. The molecule has 1 aromatic rings. The van der Waals surface area contributed by atoms with Gasteiger partial charge < -0.3 is 20.3 Å². The Balaban J connectivity index is 1.79. The fourth-order valence-corrected chi connectivity index (χ4v) is 3.33. The van der Waals surface area contributed by atoms with Gasteiger partial charge in [-0.05, 0) is 12.8 Å². The largest absolute Gasteiger partial charge is 0.371 e. The number of rotatable bonds is 2. The van der Waals surface area contributed by atoms with Crippen molar-refractivity contribution in [2.75, 3.05) is 44.4 Å². The molecule has 1 saturated heterocycles. The summed E-state index contributed by atoms with van der Waals surface area (Å²) in [6.07, 6.45) is 5.59. The average Bonchev–Trinajstić information content (AvgIpc) is 2.54. The van der Waals surface area contributed by atoms with E-state index in [0.717, 1.165) is 25.7 Å². The Morgan fingerprint density at radius 1 is 1.22 bits per heavy atom. The van der Waals surface area contributed by atoms with Crippen LogP contribution in [0, 0.1) is 0 Å². The number of nitrogens with two attached hydrogens (primary N) is 1. The fraction of sp³-hybridized carbons (Fsp3) is 0.733. The maximum Gasteiger partial charge on any atom is 0.292 e. The second-order valence-electron chi connectivity index (χ2n) is 6.53. The molecule has 0 bridgehead atoms. The van der Waals surface area contributed by atoms with Crippen molar-refractivity contribution in [3.05, 3.63) is 5.82 Å². The van der Waals surface area contributed by atoms with Crippen molar-refractivity contribution in [2.24, 2.45) is 0 Å². The third-order valence-corrected chi connectivity index (χ3v) is 4.53. The Morgan fingerprint density at radius 3 is 2.65 bits per heavy atom. The van der Waals surface area contributed by atoms with Crippen molar-refractivity contribution in [3.8, 4) is 0 Å².